The molecule has 27 heavy (non-hydrogen) atoms. The molecule has 144 valence electrons. The monoisotopic (exact) mass is 409 g/mol. The summed E-state index contributed by atoms with van der Waals surface area (Å²) in [5.74, 6) is -0.347. The number of halogens is 1. The van der Waals surface area contributed by atoms with Crippen molar-refractivity contribution in [2.75, 3.05) is 19.1 Å². The Labute approximate surface area is 166 Å². The van der Waals surface area contributed by atoms with Gasteiger partial charge in [0.15, 0.2) is 0 Å². The van der Waals surface area contributed by atoms with E-state index in [1.165, 1.54) is 13.2 Å². The molecule has 0 aliphatic rings. The highest BCUT2D eigenvalue weighted by Crippen LogP contribution is 2.24. The van der Waals surface area contributed by atoms with Crippen LogP contribution in [-0.4, -0.2) is 46.8 Å². The average molecular weight is 410 g/mol. The van der Waals surface area contributed by atoms with E-state index in [0.29, 0.717) is 28.5 Å². The van der Waals surface area contributed by atoms with Gasteiger partial charge in [0.25, 0.3) is 5.56 Å². The Balaban J connectivity index is 2.17. The summed E-state index contributed by atoms with van der Waals surface area (Å²) in [6, 6.07) is 9.19. The number of carbonyl (C=O) groups excluding carboxylic acids is 2. The lowest BCUT2D eigenvalue weighted by Crippen LogP contribution is -2.44. The number of ether oxygens (including phenoxy) is 1. The highest BCUT2D eigenvalue weighted by atomic mass is 35.5. The number of methoxy groups -OCH3 is 1. The van der Waals surface area contributed by atoms with E-state index in [-0.39, 0.29) is 6.54 Å². The molecule has 0 bridgehead atoms. The fraction of sp³-hybridized carbons (Fsp3) is 0.333. The van der Waals surface area contributed by atoms with Gasteiger partial charge < -0.3 is 10.1 Å². The molecule has 1 heterocycles. The van der Waals surface area contributed by atoms with Crippen LogP contribution >= 0.6 is 23.4 Å². The summed E-state index contributed by atoms with van der Waals surface area (Å²) in [4.78, 5) is 36.2. The van der Waals surface area contributed by atoms with E-state index in [1.807, 2.05) is 6.26 Å². The minimum Gasteiger partial charge on any atom is -0.467 e. The molecule has 1 aromatic heterocycles. The molecule has 0 saturated carbocycles. The van der Waals surface area contributed by atoms with E-state index in [4.69, 9.17) is 16.3 Å². The van der Waals surface area contributed by atoms with Gasteiger partial charge in [-0.15, -0.1) is 0 Å². The summed E-state index contributed by atoms with van der Waals surface area (Å²) in [6.07, 6.45) is 2.33. The van der Waals surface area contributed by atoms with E-state index in [1.54, 1.807) is 42.1 Å². The molecule has 0 radical (unpaired) electrons. The zero-order valence-electron chi connectivity index (χ0n) is 15.0. The quantitative estimate of drug-likeness (QED) is 0.670. The van der Waals surface area contributed by atoms with E-state index in [2.05, 4.69) is 10.4 Å². The lowest BCUT2D eigenvalue weighted by molar-refractivity contribution is -0.145. The summed E-state index contributed by atoms with van der Waals surface area (Å²) in [6.45, 7) is -0.316. The second kappa shape index (κ2) is 10.1. The number of nitrogens with zero attached hydrogens (tertiary/aromatic N) is 2. The van der Waals surface area contributed by atoms with Crippen molar-refractivity contribution < 1.29 is 14.3 Å². The summed E-state index contributed by atoms with van der Waals surface area (Å²) in [5.41, 5.74) is 0.695. The van der Waals surface area contributed by atoms with E-state index in [0.717, 1.165) is 4.68 Å². The van der Waals surface area contributed by atoms with Crippen molar-refractivity contribution >= 4 is 35.2 Å². The molecular formula is C18H20ClN3O4S. The van der Waals surface area contributed by atoms with Crippen LogP contribution in [0.5, 0.6) is 0 Å². The zero-order valence-corrected chi connectivity index (χ0v) is 16.5. The lowest BCUT2D eigenvalue weighted by Gasteiger charge is -2.16. The summed E-state index contributed by atoms with van der Waals surface area (Å²) in [5, 5.41) is 7.30. The normalized spacial score (nSPS) is 11.7. The van der Waals surface area contributed by atoms with Gasteiger partial charge in [-0.3, -0.25) is 9.59 Å². The van der Waals surface area contributed by atoms with E-state index >= 15 is 0 Å². The van der Waals surface area contributed by atoms with Gasteiger partial charge in [0.2, 0.25) is 5.91 Å². The second-order valence-corrected chi connectivity index (χ2v) is 7.01. The first-order valence-corrected chi connectivity index (χ1v) is 9.92. The maximum absolute atomic E-state index is 12.3. The Bertz CT molecular complexity index is 872. The van der Waals surface area contributed by atoms with Crippen molar-refractivity contribution in [2.45, 2.75) is 19.0 Å². The van der Waals surface area contributed by atoms with Crippen LogP contribution in [0.4, 0.5) is 0 Å². The van der Waals surface area contributed by atoms with Crippen molar-refractivity contribution in [2.24, 2.45) is 0 Å². The Kier molecular flexibility index (Phi) is 7.87. The molecule has 2 aromatic rings. The third kappa shape index (κ3) is 5.83. The van der Waals surface area contributed by atoms with Gasteiger partial charge in [-0.05, 0) is 30.6 Å². The van der Waals surface area contributed by atoms with Crippen molar-refractivity contribution in [3.63, 3.8) is 0 Å². The SMILES string of the molecule is COC(=O)[C@H](CCSC)NC(=O)Cn1nc(-c2ccccc2Cl)ccc1=O. The standard InChI is InChI=1S/C18H20ClN3O4S/c1-26-18(25)15(9-10-27-2)20-16(23)11-22-17(24)8-7-14(21-22)12-5-3-4-6-13(12)19/h3-8,15H,9-11H2,1-2H3,(H,20,23)/t15-/m0/s1. The fourth-order valence-electron chi connectivity index (χ4n) is 2.38. The number of rotatable bonds is 8. The highest BCUT2D eigenvalue weighted by Gasteiger charge is 2.21. The van der Waals surface area contributed by atoms with Crippen LogP contribution in [0.1, 0.15) is 6.42 Å². The van der Waals surface area contributed by atoms with Crippen molar-refractivity contribution in [3.05, 3.63) is 51.8 Å². The minimum absolute atomic E-state index is 0.316. The van der Waals surface area contributed by atoms with Crippen LogP contribution in [-0.2, 0) is 20.9 Å². The number of nitrogens with one attached hydrogen (secondary N) is 1. The topological polar surface area (TPSA) is 90.3 Å². The molecular weight excluding hydrogens is 390 g/mol. The molecule has 0 aliphatic carbocycles. The summed E-state index contributed by atoms with van der Waals surface area (Å²) < 4.78 is 5.75. The average Bonchev–Trinajstić information content (AvgIpc) is 2.66. The Hall–Kier alpha value is -2.32. The predicted molar refractivity (Wildman–Crippen MR) is 106 cm³/mol. The van der Waals surface area contributed by atoms with Gasteiger partial charge in [0, 0.05) is 11.6 Å². The Morgan fingerprint density at radius 3 is 2.70 bits per heavy atom. The van der Waals surface area contributed by atoms with Gasteiger partial charge in [0.1, 0.15) is 12.6 Å². The number of amides is 1. The maximum atomic E-state index is 12.3. The molecule has 0 saturated heterocycles. The smallest absolute Gasteiger partial charge is 0.328 e. The van der Waals surface area contributed by atoms with Crippen molar-refractivity contribution in [1.29, 1.82) is 0 Å². The van der Waals surface area contributed by atoms with Gasteiger partial charge >= 0.3 is 5.97 Å². The number of benzene rings is 1. The number of aromatic nitrogens is 2. The van der Waals surface area contributed by atoms with E-state index in [9.17, 15) is 14.4 Å². The fourth-order valence-corrected chi connectivity index (χ4v) is 3.08. The predicted octanol–water partition coefficient (Wildman–Crippen LogP) is 1.97. The lowest BCUT2D eigenvalue weighted by atomic mass is 10.1. The third-order valence-corrected chi connectivity index (χ3v) is 4.71. The van der Waals surface area contributed by atoms with Crippen molar-refractivity contribution in [1.82, 2.24) is 15.1 Å². The van der Waals surface area contributed by atoms with E-state index < -0.39 is 23.5 Å². The van der Waals surface area contributed by atoms with Gasteiger partial charge in [-0.2, -0.15) is 16.9 Å². The number of hydrogen-bond acceptors (Lipinski definition) is 6. The molecule has 1 amide bonds. The molecule has 0 spiro atoms. The molecule has 1 N–H and O–H groups in total. The molecule has 1 atom stereocenters. The van der Waals surface area contributed by atoms with Gasteiger partial charge in [-0.1, -0.05) is 29.8 Å². The first-order valence-electron chi connectivity index (χ1n) is 8.15. The summed E-state index contributed by atoms with van der Waals surface area (Å²) in [7, 11) is 1.26. The van der Waals surface area contributed by atoms with Crippen LogP contribution in [0.25, 0.3) is 11.3 Å². The second-order valence-electron chi connectivity index (χ2n) is 5.62. The van der Waals surface area contributed by atoms with Crippen LogP contribution in [0, 0.1) is 0 Å². The molecule has 7 nitrogen and oxygen atoms in total. The first kappa shape index (κ1) is 21.0. The molecule has 2 rings (SSSR count). The van der Waals surface area contributed by atoms with Crippen LogP contribution in [0.15, 0.2) is 41.2 Å². The molecule has 1 aromatic carbocycles. The summed E-state index contributed by atoms with van der Waals surface area (Å²) >= 11 is 7.72. The Morgan fingerprint density at radius 2 is 2.04 bits per heavy atom. The number of thioether (sulfide) groups is 1. The van der Waals surface area contributed by atoms with Crippen LogP contribution in [0.3, 0.4) is 0 Å². The number of hydrogen-bond donors (Lipinski definition) is 1. The molecule has 0 aliphatic heterocycles. The zero-order chi connectivity index (χ0) is 19.8. The number of carbonyl (C=O) groups is 2. The van der Waals surface area contributed by atoms with Crippen LogP contribution < -0.4 is 10.9 Å². The maximum Gasteiger partial charge on any atom is 0.328 e. The third-order valence-electron chi connectivity index (χ3n) is 3.74. The minimum atomic E-state index is -0.766. The van der Waals surface area contributed by atoms with Gasteiger partial charge in [-0.25, -0.2) is 9.48 Å². The molecule has 9 heteroatoms. The molecule has 0 unspecified atom stereocenters. The largest absolute Gasteiger partial charge is 0.467 e. The highest BCUT2D eigenvalue weighted by molar-refractivity contribution is 7.98. The first-order chi connectivity index (χ1) is 13.0. The van der Waals surface area contributed by atoms with Crippen LogP contribution in [0.2, 0.25) is 5.02 Å². The number of esters is 1. The molecule has 0 fully saturated rings. The van der Waals surface area contributed by atoms with Crippen molar-refractivity contribution in [3.8, 4) is 11.3 Å². The Morgan fingerprint density at radius 1 is 1.30 bits per heavy atom. The van der Waals surface area contributed by atoms with Gasteiger partial charge in [0.05, 0.1) is 17.8 Å².